The van der Waals surface area contributed by atoms with Crippen LogP contribution < -0.4 is 0 Å². The van der Waals surface area contributed by atoms with Crippen molar-refractivity contribution in [2.75, 3.05) is 26.2 Å². The first kappa shape index (κ1) is 17.8. The highest BCUT2D eigenvalue weighted by atomic mass is 79.9. The topological polar surface area (TPSA) is 46.9 Å². The summed E-state index contributed by atoms with van der Waals surface area (Å²) in [4.78, 5) is 5.04. The summed E-state index contributed by atoms with van der Waals surface area (Å²) < 4.78 is 1.00. The molecule has 0 radical (unpaired) electrons. The lowest BCUT2D eigenvalue weighted by Crippen LogP contribution is -2.78. The summed E-state index contributed by atoms with van der Waals surface area (Å²) >= 11 is 3.56. The van der Waals surface area contributed by atoms with E-state index in [0.29, 0.717) is 5.75 Å². The van der Waals surface area contributed by atoms with Gasteiger partial charge in [0.25, 0.3) is 0 Å². The molecule has 0 amide bonds. The third kappa shape index (κ3) is 2.58. The number of phenolic OH excluding ortho intramolecular Hbond substituents is 1. The zero-order valence-corrected chi connectivity index (χ0v) is 16.8. The first-order chi connectivity index (χ1) is 11.9. The van der Waals surface area contributed by atoms with Crippen molar-refractivity contribution in [3.8, 4) is 5.75 Å². The van der Waals surface area contributed by atoms with Crippen LogP contribution in [-0.2, 0) is 0 Å². The molecule has 5 rings (SSSR count). The molecule has 0 aromatic heterocycles. The zero-order chi connectivity index (χ0) is 17.8. The van der Waals surface area contributed by atoms with Gasteiger partial charge in [0, 0.05) is 47.0 Å². The molecule has 0 aliphatic carbocycles. The molecule has 1 aromatic carbocycles. The molecule has 25 heavy (non-hydrogen) atoms. The molecule has 4 nitrogen and oxygen atoms in total. The molecule has 5 heteroatoms. The van der Waals surface area contributed by atoms with Gasteiger partial charge in [-0.2, -0.15) is 0 Å². The molecule has 4 fully saturated rings. The molecule has 4 bridgehead atoms. The summed E-state index contributed by atoms with van der Waals surface area (Å²) in [6.07, 6.45) is 4.28. The van der Waals surface area contributed by atoms with Crippen LogP contribution in [0.2, 0.25) is 0 Å². The lowest BCUT2D eigenvalue weighted by atomic mass is 9.56. The van der Waals surface area contributed by atoms with Crippen molar-refractivity contribution in [1.29, 1.82) is 0 Å². The number of aromatic hydroxyl groups is 1. The molecule has 4 aliphatic rings. The fourth-order valence-corrected chi connectivity index (χ4v) is 6.49. The molecule has 138 valence electrons. The molecule has 4 saturated heterocycles. The molecule has 0 atom stereocenters. The molecule has 4 heterocycles. The van der Waals surface area contributed by atoms with Crippen molar-refractivity contribution in [3.05, 3.63) is 28.2 Å². The van der Waals surface area contributed by atoms with Gasteiger partial charge in [-0.1, -0.05) is 42.6 Å². The van der Waals surface area contributed by atoms with E-state index in [1.54, 1.807) is 6.07 Å². The van der Waals surface area contributed by atoms with Crippen molar-refractivity contribution in [2.24, 2.45) is 10.8 Å². The smallest absolute Gasteiger partial charge is 0.121 e. The summed E-state index contributed by atoms with van der Waals surface area (Å²) in [5.74, 6) is 0.371. The predicted octanol–water partition coefficient (Wildman–Crippen LogP) is 3.73. The number of aliphatic hydroxyl groups is 1. The van der Waals surface area contributed by atoms with Crippen molar-refractivity contribution in [3.63, 3.8) is 0 Å². The Morgan fingerprint density at radius 2 is 1.56 bits per heavy atom. The maximum Gasteiger partial charge on any atom is 0.121 e. The van der Waals surface area contributed by atoms with Crippen LogP contribution in [0.25, 0.3) is 0 Å². The predicted molar refractivity (Wildman–Crippen MR) is 102 cm³/mol. The quantitative estimate of drug-likeness (QED) is 0.778. The average Bonchev–Trinajstić information content (AvgIpc) is 2.55. The minimum Gasteiger partial charge on any atom is -0.508 e. The fraction of sp³-hybridized carbons (Fsp3) is 0.700. The van der Waals surface area contributed by atoms with Gasteiger partial charge in [0.2, 0.25) is 0 Å². The van der Waals surface area contributed by atoms with Gasteiger partial charge in [-0.3, -0.25) is 9.80 Å². The van der Waals surface area contributed by atoms with Gasteiger partial charge in [-0.25, -0.2) is 0 Å². The Bertz CT molecular complexity index is 623. The Kier molecular flexibility index (Phi) is 4.42. The van der Waals surface area contributed by atoms with Gasteiger partial charge >= 0.3 is 0 Å². The third-order valence-electron chi connectivity index (χ3n) is 6.69. The maximum absolute atomic E-state index is 11.3. The van der Waals surface area contributed by atoms with Crippen LogP contribution in [0.5, 0.6) is 5.75 Å². The van der Waals surface area contributed by atoms with Gasteiger partial charge in [0.05, 0.1) is 12.3 Å². The maximum atomic E-state index is 11.3. The number of hydrogen-bond donors (Lipinski definition) is 2. The Morgan fingerprint density at radius 1 is 1.04 bits per heavy atom. The van der Waals surface area contributed by atoms with Crippen LogP contribution in [0.15, 0.2) is 22.7 Å². The zero-order valence-electron chi connectivity index (χ0n) is 15.2. The SMILES string of the molecule is CCCC12CN3CC(CCC)(CN(C1)C3c1cc(Br)ccc1O)C2O. The number of piperidine rings is 2. The lowest BCUT2D eigenvalue weighted by molar-refractivity contribution is -0.268. The Labute approximate surface area is 158 Å². The van der Waals surface area contributed by atoms with Crippen LogP contribution >= 0.6 is 15.9 Å². The van der Waals surface area contributed by atoms with E-state index < -0.39 is 0 Å². The van der Waals surface area contributed by atoms with E-state index in [0.717, 1.165) is 61.9 Å². The average molecular weight is 409 g/mol. The van der Waals surface area contributed by atoms with E-state index in [-0.39, 0.29) is 23.1 Å². The normalized spacial score (nSPS) is 42.1. The summed E-state index contributed by atoms with van der Waals surface area (Å²) in [7, 11) is 0. The Hall–Kier alpha value is -0.620. The summed E-state index contributed by atoms with van der Waals surface area (Å²) in [5, 5.41) is 21.8. The van der Waals surface area contributed by atoms with Gasteiger partial charge in [-0.15, -0.1) is 0 Å². The van der Waals surface area contributed by atoms with Gasteiger partial charge in [0.1, 0.15) is 5.75 Å². The van der Waals surface area contributed by atoms with Crippen LogP contribution in [-0.4, -0.2) is 52.3 Å². The number of phenols is 1. The standard InChI is InChI=1S/C20H29BrN2O2/c1-3-7-19-10-22-12-20(8-4-2,18(19)25)13-23(11-19)17(22)15-9-14(21)5-6-16(15)24/h5-6,9,17-18,24-25H,3-4,7-8,10-13H2,1-2H3. The third-order valence-corrected chi connectivity index (χ3v) is 7.18. The molecule has 2 N–H and O–H groups in total. The van der Waals surface area contributed by atoms with Crippen molar-refractivity contribution in [1.82, 2.24) is 9.80 Å². The molecular formula is C20H29BrN2O2. The van der Waals surface area contributed by atoms with Gasteiger partial charge < -0.3 is 10.2 Å². The van der Waals surface area contributed by atoms with Crippen LogP contribution in [0.1, 0.15) is 51.3 Å². The highest BCUT2D eigenvalue weighted by molar-refractivity contribution is 9.10. The number of benzene rings is 1. The van der Waals surface area contributed by atoms with Crippen molar-refractivity contribution in [2.45, 2.75) is 51.8 Å². The van der Waals surface area contributed by atoms with E-state index in [1.165, 1.54) is 0 Å². The van der Waals surface area contributed by atoms with Crippen LogP contribution in [0, 0.1) is 10.8 Å². The minimum atomic E-state index is -0.204. The molecule has 0 unspecified atom stereocenters. The molecular weight excluding hydrogens is 380 g/mol. The number of hydrogen-bond acceptors (Lipinski definition) is 4. The van der Waals surface area contributed by atoms with Crippen LogP contribution in [0.4, 0.5) is 0 Å². The van der Waals surface area contributed by atoms with Gasteiger partial charge in [-0.05, 0) is 31.0 Å². The second-order valence-corrected chi connectivity index (χ2v) is 9.43. The monoisotopic (exact) mass is 408 g/mol. The lowest BCUT2D eigenvalue weighted by Gasteiger charge is -2.70. The molecule has 4 aliphatic heterocycles. The van der Waals surface area contributed by atoms with E-state index >= 15 is 0 Å². The molecule has 0 saturated carbocycles. The van der Waals surface area contributed by atoms with E-state index in [9.17, 15) is 10.2 Å². The first-order valence-electron chi connectivity index (χ1n) is 9.59. The summed E-state index contributed by atoms with van der Waals surface area (Å²) in [6, 6.07) is 5.73. The number of rotatable bonds is 5. The number of nitrogens with zero attached hydrogens (tertiary/aromatic N) is 2. The van der Waals surface area contributed by atoms with Gasteiger partial charge in [0.15, 0.2) is 0 Å². The van der Waals surface area contributed by atoms with Crippen molar-refractivity contribution < 1.29 is 10.2 Å². The fourth-order valence-electron chi connectivity index (χ4n) is 6.11. The van der Waals surface area contributed by atoms with Crippen molar-refractivity contribution >= 4 is 15.9 Å². The number of halogens is 1. The Morgan fingerprint density at radius 3 is 2.04 bits per heavy atom. The Balaban J connectivity index is 1.75. The first-order valence-corrected chi connectivity index (χ1v) is 10.4. The highest BCUT2D eigenvalue weighted by Crippen LogP contribution is 2.58. The van der Waals surface area contributed by atoms with Crippen LogP contribution in [0.3, 0.4) is 0 Å². The van der Waals surface area contributed by atoms with E-state index in [4.69, 9.17) is 0 Å². The minimum absolute atomic E-state index is 0.0153. The second kappa shape index (κ2) is 6.22. The summed E-state index contributed by atoms with van der Waals surface area (Å²) in [5.41, 5.74) is 0.956. The molecule has 1 aromatic rings. The second-order valence-electron chi connectivity index (χ2n) is 8.51. The van der Waals surface area contributed by atoms with E-state index in [2.05, 4.69) is 45.6 Å². The largest absolute Gasteiger partial charge is 0.508 e. The highest BCUT2D eigenvalue weighted by Gasteiger charge is 2.64. The summed E-state index contributed by atoms with van der Waals surface area (Å²) in [6.45, 7) is 8.17. The molecule has 0 spiro atoms. The number of aliphatic hydroxyl groups excluding tert-OH is 1. The van der Waals surface area contributed by atoms with E-state index in [1.807, 2.05) is 6.07 Å².